The molecule has 5 heteroatoms. The van der Waals surface area contributed by atoms with Crippen molar-refractivity contribution in [3.8, 4) is 0 Å². The Morgan fingerprint density at radius 3 is 2.19 bits per heavy atom. The molecule has 0 amide bonds. The van der Waals surface area contributed by atoms with Gasteiger partial charge in [0, 0.05) is 33.9 Å². The summed E-state index contributed by atoms with van der Waals surface area (Å²) in [5, 5.41) is 1.47. The van der Waals surface area contributed by atoms with Gasteiger partial charge in [0.1, 0.15) is 0 Å². The molecule has 0 atom stereocenters. The third kappa shape index (κ3) is 2.75. The van der Waals surface area contributed by atoms with Gasteiger partial charge in [0.25, 0.3) is 5.78 Å². The molecule has 4 aromatic rings. The van der Waals surface area contributed by atoms with Crippen molar-refractivity contribution in [3.63, 3.8) is 0 Å². The third-order valence-corrected chi connectivity index (χ3v) is 4.48. The van der Waals surface area contributed by atoms with Crippen LogP contribution in [0.3, 0.4) is 0 Å². The van der Waals surface area contributed by atoms with Crippen LogP contribution in [0, 0.1) is 0 Å². The van der Waals surface area contributed by atoms with Crippen LogP contribution < -0.4 is 0 Å². The number of benzene rings is 3. The molecule has 0 spiro atoms. The first-order valence-corrected chi connectivity index (χ1v) is 8.11. The van der Waals surface area contributed by atoms with Crippen molar-refractivity contribution in [3.05, 3.63) is 83.9 Å². The summed E-state index contributed by atoms with van der Waals surface area (Å²) in [6, 6.07) is 21.5. The topological polar surface area (TPSA) is 22.0 Å². The fourth-order valence-corrected chi connectivity index (χ4v) is 3.29. The number of fused-ring (bicyclic) bond motifs is 3. The molecular weight excluding hydrogens is 339 g/mol. The maximum Gasteiger partial charge on any atom is 0.454 e. The second kappa shape index (κ2) is 6.02. The van der Waals surface area contributed by atoms with Crippen molar-refractivity contribution in [2.75, 3.05) is 0 Å². The van der Waals surface area contributed by atoms with Gasteiger partial charge in [0.2, 0.25) is 0 Å². The summed E-state index contributed by atoms with van der Waals surface area (Å²) < 4.78 is 40.4. The Morgan fingerprint density at radius 1 is 0.808 bits per heavy atom. The van der Waals surface area contributed by atoms with Crippen molar-refractivity contribution in [1.82, 2.24) is 4.57 Å². The SMILES string of the molecule is O=C(c1ccc2c(c1)c1ccccc1n2Cc1ccccc1)C(F)(F)F. The minimum absolute atomic E-state index is 0.340. The van der Waals surface area contributed by atoms with Gasteiger partial charge in [-0.05, 0) is 29.8 Å². The Kier molecular flexibility index (Phi) is 3.80. The first kappa shape index (κ1) is 16.4. The van der Waals surface area contributed by atoms with Crippen LogP contribution in [0.25, 0.3) is 21.8 Å². The number of halogens is 3. The van der Waals surface area contributed by atoms with Gasteiger partial charge in [-0.25, -0.2) is 0 Å². The normalized spacial score (nSPS) is 12.0. The highest BCUT2D eigenvalue weighted by atomic mass is 19.4. The van der Waals surface area contributed by atoms with E-state index in [2.05, 4.69) is 4.57 Å². The Labute approximate surface area is 147 Å². The Morgan fingerprint density at radius 2 is 1.46 bits per heavy atom. The quantitative estimate of drug-likeness (QED) is 0.440. The lowest BCUT2D eigenvalue weighted by atomic mass is 10.1. The van der Waals surface area contributed by atoms with Crippen LogP contribution in [0.5, 0.6) is 0 Å². The van der Waals surface area contributed by atoms with Crippen molar-refractivity contribution < 1.29 is 18.0 Å². The van der Waals surface area contributed by atoms with Crippen molar-refractivity contribution in [2.45, 2.75) is 12.7 Å². The minimum atomic E-state index is -4.88. The second-order valence-corrected chi connectivity index (χ2v) is 6.15. The first-order chi connectivity index (χ1) is 12.4. The third-order valence-electron chi connectivity index (χ3n) is 4.48. The monoisotopic (exact) mass is 353 g/mol. The van der Waals surface area contributed by atoms with Crippen LogP contribution in [0.1, 0.15) is 15.9 Å². The van der Waals surface area contributed by atoms with Crippen LogP contribution in [0.15, 0.2) is 72.8 Å². The summed E-state index contributed by atoms with van der Waals surface area (Å²) in [6.45, 7) is 0.595. The molecule has 4 rings (SSSR count). The Bertz CT molecular complexity index is 1110. The van der Waals surface area contributed by atoms with Gasteiger partial charge in [-0.1, -0.05) is 48.5 Å². The van der Waals surface area contributed by atoms with Crippen LogP contribution >= 0.6 is 0 Å². The van der Waals surface area contributed by atoms with E-state index in [0.717, 1.165) is 22.0 Å². The highest BCUT2D eigenvalue weighted by Gasteiger charge is 2.39. The van der Waals surface area contributed by atoms with E-state index in [1.54, 1.807) is 6.07 Å². The van der Waals surface area contributed by atoms with Crippen LogP contribution in [-0.4, -0.2) is 16.5 Å². The number of ketones is 1. The average molecular weight is 353 g/mol. The fraction of sp³-hybridized carbons (Fsp3) is 0.0952. The van der Waals surface area contributed by atoms with E-state index in [4.69, 9.17) is 0 Å². The lowest BCUT2D eigenvalue weighted by Gasteiger charge is -2.08. The summed E-state index contributed by atoms with van der Waals surface area (Å²) in [5.41, 5.74) is 2.47. The van der Waals surface area contributed by atoms with Gasteiger partial charge in [0.05, 0.1) is 0 Å². The number of para-hydroxylation sites is 1. The van der Waals surface area contributed by atoms with Crippen LogP contribution in [0.2, 0.25) is 0 Å². The molecule has 0 bridgehead atoms. The van der Waals surface area contributed by atoms with Crippen molar-refractivity contribution in [2.24, 2.45) is 0 Å². The standard InChI is InChI=1S/C21H14F3NO/c22-21(23,24)20(26)15-10-11-19-17(12-15)16-8-4-5-9-18(16)25(19)13-14-6-2-1-3-7-14/h1-12H,13H2. The van der Waals surface area contributed by atoms with E-state index in [-0.39, 0.29) is 5.56 Å². The van der Waals surface area contributed by atoms with E-state index in [9.17, 15) is 18.0 Å². The fourth-order valence-electron chi connectivity index (χ4n) is 3.29. The Balaban J connectivity index is 1.93. The molecule has 130 valence electrons. The van der Waals surface area contributed by atoms with E-state index >= 15 is 0 Å². The predicted octanol–water partition coefficient (Wildman–Crippen LogP) is 5.59. The first-order valence-electron chi connectivity index (χ1n) is 8.11. The number of hydrogen-bond donors (Lipinski definition) is 0. The smallest absolute Gasteiger partial charge is 0.336 e. The molecular formula is C21H14F3NO. The molecule has 0 N–H and O–H groups in total. The summed E-state index contributed by atoms with van der Waals surface area (Å²) >= 11 is 0. The van der Waals surface area contributed by atoms with Crippen LogP contribution in [-0.2, 0) is 6.54 Å². The van der Waals surface area contributed by atoms with Crippen LogP contribution in [0.4, 0.5) is 13.2 Å². The molecule has 1 heterocycles. The molecule has 0 unspecified atom stereocenters. The number of aromatic nitrogens is 1. The molecule has 0 radical (unpaired) electrons. The predicted molar refractivity (Wildman–Crippen MR) is 95.4 cm³/mol. The molecule has 26 heavy (non-hydrogen) atoms. The highest BCUT2D eigenvalue weighted by molar-refractivity contribution is 6.11. The molecule has 2 nitrogen and oxygen atoms in total. The summed E-state index contributed by atoms with van der Waals surface area (Å²) in [4.78, 5) is 11.6. The molecule has 3 aromatic carbocycles. The molecule has 0 aliphatic rings. The molecule has 0 aliphatic heterocycles. The van der Waals surface area contributed by atoms with E-state index in [1.807, 2.05) is 54.6 Å². The summed E-state index contributed by atoms with van der Waals surface area (Å²) in [7, 11) is 0. The number of carbonyl (C=O) groups is 1. The number of alkyl halides is 3. The molecule has 0 saturated heterocycles. The van der Waals surface area contributed by atoms with Gasteiger partial charge in [-0.15, -0.1) is 0 Å². The summed E-state index contributed by atoms with van der Waals surface area (Å²) in [6.07, 6.45) is -4.88. The van der Waals surface area contributed by atoms with E-state index in [0.29, 0.717) is 11.9 Å². The van der Waals surface area contributed by atoms with Gasteiger partial charge in [-0.3, -0.25) is 4.79 Å². The lowest BCUT2D eigenvalue weighted by molar-refractivity contribution is -0.0885. The number of hydrogen-bond acceptors (Lipinski definition) is 1. The number of Topliss-reactive ketones (excluding diaryl/α,β-unsaturated/α-hetero) is 1. The maximum atomic E-state index is 12.8. The lowest BCUT2D eigenvalue weighted by Crippen LogP contribution is -2.22. The average Bonchev–Trinajstić information content (AvgIpc) is 2.95. The van der Waals surface area contributed by atoms with Gasteiger partial charge >= 0.3 is 6.18 Å². The molecule has 0 saturated carbocycles. The second-order valence-electron chi connectivity index (χ2n) is 6.15. The van der Waals surface area contributed by atoms with E-state index in [1.165, 1.54) is 12.1 Å². The number of rotatable bonds is 3. The largest absolute Gasteiger partial charge is 0.454 e. The van der Waals surface area contributed by atoms with Crippen molar-refractivity contribution >= 4 is 27.6 Å². The Hall–Kier alpha value is -3.08. The molecule has 0 fully saturated rings. The zero-order chi connectivity index (χ0) is 18.3. The summed E-state index contributed by atoms with van der Waals surface area (Å²) in [5.74, 6) is -1.82. The zero-order valence-corrected chi connectivity index (χ0v) is 13.6. The highest BCUT2D eigenvalue weighted by Crippen LogP contribution is 2.32. The molecule has 0 aliphatic carbocycles. The number of nitrogens with zero attached hydrogens (tertiary/aromatic N) is 1. The van der Waals surface area contributed by atoms with Gasteiger partial charge in [-0.2, -0.15) is 13.2 Å². The maximum absolute atomic E-state index is 12.8. The van der Waals surface area contributed by atoms with E-state index < -0.39 is 12.0 Å². The number of carbonyl (C=O) groups excluding carboxylic acids is 1. The zero-order valence-electron chi connectivity index (χ0n) is 13.6. The molecule has 1 aromatic heterocycles. The van der Waals surface area contributed by atoms with Gasteiger partial charge in [0.15, 0.2) is 0 Å². The minimum Gasteiger partial charge on any atom is -0.336 e. The van der Waals surface area contributed by atoms with Gasteiger partial charge < -0.3 is 4.57 Å². The van der Waals surface area contributed by atoms with Crippen molar-refractivity contribution in [1.29, 1.82) is 0 Å².